The van der Waals surface area contributed by atoms with Crippen LogP contribution in [0.2, 0.25) is 0 Å². The van der Waals surface area contributed by atoms with E-state index in [0.717, 1.165) is 5.56 Å². The van der Waals surface area contributed by atoms with Gasteiger partial charge in [-0.15, -0.1) is 0 Å². The Morgan fingerprint density at radius 1 is 1.30 bits per heavy atom. The SMILES string of the molecule is CC[C@@]1(C(=O)O)C[C@H](C(=O)NC(CO)CO)[C@H](c2ccc(OC)cc2)N1C. The lowest BCUT2D eigenvalue weighted by Crippen LogP contribution is -2.48. The third-order valence-corrected chi connectivity index (χ3v) is 5.60. The second-order valence-corrected chi connectivity index (χ2v) is 6.90. The van der Waals surface area contributed by atoms with Crippen LogP contribution in [0.15, 0.2) is 24.3 Å². The average Bonchev–Trinajstić information content (AvgIpc) is 2.99. The number of carboxylic acid groups (broad SMARTS) is 1. The lowest BCUT2D eigenvalue weighted by molar-refractivity contribution is -0.150. The number of methoxy groups -OCH3 is 1. The van der Waals surface area contributed by atoms with Crippen molar-refractivity contribution in [2.24, 2.45) is 5.92 Å². The summed E-state index contributed by atoms with van der Waals surface area (Å²) in [6.07, 6.45) is 0.486. The summed E-state index contributed by atoms with van der Waals surface area (Å²) in [6, 6.07) is 5.96. The van der Waals surface area contributed by atoms with E-state index < -0.39 is 42.7 Å². The number of rotatable bonds is 8. The molecule has 0 radical (unpaired) electrons. The van der Waals surface area contributed by atoms with Gasteiger partial charge >= 0.3 is 5.97 Å². The van der Waals surface area contributed by atoms with Crippen LogP contribution < -0.4 is 10.1 Å². The van der Waals surface area contributed by atoms with E-state index in [4.69, 9.17) is 4.74 Å². The summed E-state index contributed by atoms with van der Waals surface area (Å²) in [5.41, 5.74) is -0.361. The maximum Gasteiger partial charge on any atom is 0.324 e. The van der Waals surface area contributed by atoms with Crippen molar-refractivity contribution in [2.75, 3.05) is 27.4 Å². The molecule has 8 nitrogen and oxygen atoms in total. The maximum absolute atomic E-state index is 12.9. The molecule has 1 aromatic rings. The maximum atomic E-state index is 12.9. The van der Waals surface area contributed by atoms with Gasteiger partial charge in [0.25, 0.3) is 0 Å². The van der Waals surface area contributed by atoms with Crippen molar-refractivity contribution in [3.63, 3.8) is 0 Å². The number of aliphatic carboxylic acids is 1. The quantitative estimate of drug-likeness (QED) is 0.515. The average molecular weight is 380 g/mol. The van der Waals surface area contributed by atoms with E-state index in [9.17, 15) is 24.9 Å². The molecule has 1 fully saturated rings. The summed E-state index contributed by atoms with van der Waals surface area (Å²) in [5.74, 6) is -1.32. The molecule has 1 heterocycles. The van der Waals surface area contributed by atoms with Crippen molar-refractivity contribution < 1.29 is 29.6 Å². The number of likely N-dealkylation sites (tertiary alicyclic amines) is 1. The van der Waals surface area contributed by atoms with E-state index in [1.165, 1.54) is 0 Å². The molecule has 1 aliphatic heterocycles. The molecule has 3 atom stereocenters. The highest BCUT2D eigenvalue weighted by Gasteiger charge is 2.56. The second-order valence-electron chi connectivity index (χ2n) is 6.90. The van der Waals surface area contributed by atoms with Gasteiger partial charge in [-0.1, -0.05) is 19.1 Å². The molecule has 0 unspecified atom stereocenters. The summed E-state index contributed by atoms with van der Waals surface area (Å²) in [5, 5.41) is 31.0. The topological polar surface area (TPSA) is 119 Å². The number of carbonyl (C=O) groups excluding carboxylic acids is 1. The molecule has 4 N–H and O–H groups in total. The van der Waals surface area contributed by atoms with Crippen LogP contribution in [0.4, 0.5) is 0 Å². The smallest absolute Gasteiger partial charge is 0.324 e. The number of aliphatic hydroxyl groups is 2. The number of ether oxygens (including phenoxy) is 1. The molecular formula is C19H28N2O6. The number of aliphatic hydroxyl groups excluding tert-OH is 2. The number of carboxylic acids is 1. The van der Waals surface area contributed by atoms with Crippen LogP contribution in [0, 0.1) is 5.92 Å². The second kappa shape index (κ2) is 8.69. The molecule has 150 valence electrons. The third kappa shape index (κ3) is 3.92. The van der Waals surface area contributed by atoms with E-state index in [0.29, 0.717) is 12.2 Å². The van der Waals surface area contributed by atoms with Gasteiger partial charge < -0.3 is 25.4 Å². The molecule has 1 amide bonds. The van der Waals surface area contributed by atoms with E-state index in [-0.39, 0.29) is 12.3 Å². The van der Waals surface area contributed by atoms with E-state index in [1.807, 2.05) is 12.1 Å². The van der Waals surface area contributed by atoms with Crippen molar-refractivity contribution in [1.29, 1.82) is 0 Å². The van der Waals surface area contributed by atoms with Gasteiger partial charge in [0.2, 0.25) is 5.91 Å². The minimum atomic E-state index is -1.17. The van der Waals surface area contributed by atoms with Gasteiger partial charge in [-0.2, -0.15) is 0 Å². The Morgan fingerprint density at radius 3 is 2.33 bits per heavy atom. The van der Waals surface area contributed by atoms with E-state index in [2.05, 4.69) is 5.32 Å². The van der Waals surface area contributed by atoms with Gasteiger partial charge in [0.05, 0.1) is 32.3 Å². The van der Waals surface area contributed by atoms with Gasteiger partial charge in [0, 0.05) is 6.04 Å². The van der Waals surface area contributed by atoms with Crippen molar-refractivity contribution in [1.82, 2.24) is 10.2 Å². The first-order valence-corrected chi connectivity index (χ1v) is 8.97. The summed E-state index contributed by atoms with van der Waals surface area (Å²) in [4.78, 5) is 26.7. The molecule has 8 heteroatoms. The van der Waals surface area contributed by atoms with Crippen molar-refractivity contribution >= 4 is 11.9 Å². The third-order valence-electron chi connectivity index (χ3n) is 5.60. The number of benzene rings is 1. The predicted molar refractivity (Wildman–Crippen MR) is 98.4 cm³/mol. The Morgan fingerprint density at radius 2 is 1.89 bits per heavy atom. The number of likely N-dealkylation sites (N-methyl/N-ethyl adjacent to an activating group) is 1. The van der Waals surface area contributed by atoms with E-state index in [1.54, 1.807) is 38.1 Å². The number of amides is 1. The molecule has 0 aromatic heterocycles. The molecular weight excluding hydrogens is 352 g/mol. The number of hydrogen-bond acceptors (Lipinski definition) is 6. The van der Waals surface area contributed by atoms with Gasteiger partial charge in [-0.3, -0.25) is 14.5 Å². The summed E-state index contributed by atoms with van der Waals surface area (Å²) >= 11 is 0. The van der Waals surface area contributed by atoms with Crippen molar-refractivity contribution in [3.8, 4) is 5.75 Å². The normalized spacial score (nSPS) is 25.6. The molecule has 0 saturated carbocycles. The highest BCUT2D eigenvalue weighted by atomic mass is 16.5. The minimum absolute atomic E-state index is 0.140. The number of nitrogens with zero attached hydrogens (tertiary/aromatic N) is 1. The van der Waals surface area contributed by atoms with Crippen molar-refractivity contribution in [2.45, 2.75) is 37.4 Å². The number of carbonyl (C=O) groups is 2. The molecule has 1 aromatic carbocycles. The fraction of sp³-hybridized carbons (Fsp3) is 0.579. The monoisotopic (exact) mass is 380 g/mol. The zero-order chi connectivity index (χ0) is 20.2. The summed E-state index contributed by atoms with van der Waals surface area (Å²) in [6.45, 7) is 1.01. The Labute approximate surface area is 158 Å². The highest BCUT2D eigenvalue weighted by Crippen LogP contribution is 2.47. The lowest BCUT2D eigenvalue weighted by Gasteiger charge is -2.34. The van der Waals surface area contributed by atoms with Gasteiger partial charge in [-0.05, 0) is 37.6 Å². The van der Waals surface area contributed by atoms with Gasteiger partial charge in [0.15, 0.2) is 0 Å². The number of hydrogen-bond donors (Lipinski definition) is 4. The zero-order valence-corrected chi connectivity index (χ0v) is 15.9. The molecule has 0 spiro atoms. The minimum Gasteiger partial charge on any atom is -0.497 e. The van der Waals surface area contributed by atoms with Gasteiger partial charge in [-0.25, -0.2) is 0 Å². The van der Waals surface area contributed by atoms with Gasteiger partial charge in [0.1, 0.15) is 11.3 Å². The fourth-order valence-electron chi connectivity index (χ4n) is 3.89. The predicted octanol–water partition coefficient (Wildman–Crippen LogP) is 0.391. The summed E-state index contributed by atoms with van der Waals surface area (Å²) < 4.78 is 5.17. The number of nitrogens with one attached hydrogen (secondary N) is 1. The lowest BCUT2D eigenvalue weighted by atomic mass is 9.87. The first-order chi connectivity index (χ1) is 12.8. The Balaban J connectivity index is 2.42. The molecule has 1 aliphatic rings. The fourth-order valence-corrected chi connectivity index (χ4v) is 3.89. The van der Waals surface area contributed by atoms with Crippen LogP contribution in [0.1, 0.15) is 31.4 Å². The first kappa shape index (κ1) is 21.1. The van der Waals surface area contributed by atoms with Crippen molar-refractivity contribution in [3.05, 3.63) is 29.8 Å². The van der Waals surface area contributed by atoms with Crippen LogP contribution >= 0.6 is 0 Å². The highest BCUT2D eigenvalue weighted by molar-refractivity contribution is 5.85. The van der Waals surface area contributed by atoms with Crippen LogP contribution in [-0.4, -0.2) is 71.0 Å². The Bertz CT molecular complexity index is 661. The van der Waals surface area contributed by atoms with E-state index >= 15 is 0 Å². The zero-order valence-electron chi connectivity index (χ0n) is 15.9. The van der Waals surface area contributed by atoms with Crippen LogP contribution in [-0.2, 0) is 9.59 Å². The summed E-state index contributed by atoms with van der Waals surface area (Å²) in [7, 11) is 3.28. The first-order valence-electron chi connectivity index (χ1n) is 8.97. The largest absolute Gasteiger partial charge is 0.497 e. The van der Waals surface area contributed by atoms with Crippen LogP contribution in [0.25, 0.3) is 0 Å². The molecule has 0 aliphatic carbocycles. The molecule has 1 saturated heterocycles. The molecule has 0 bridgehead atoms. The molecule has 2 rings (SSSR count). The Hall–Kier alpha value is -2.16. The van der Waals surface area contributed by atoms with Crippen LogP contribution in [0.5, 0.6) is 5.75 Å². The van der Waals surface area contributed by atoms with Crippen LogP contribution in [0.3, 0.4) is 0 Å². The Kier molecular flexibility index (Phi) is 6.80. The molecule has 27 heavy (non-hydrogen) atoms. The standard InChI is InChI=1S/C19H28N2O6/c1-4-19(18(25)26)9-15(17(24)20-13(10-22)11-23)16(21(19)2)12-5-7-14(27-3)8-6-12/h5-8,13,15-16,22-23H,4,9-11H2,1-3H3,(H,20,24)(H,25,26)/t15-,16-,19-/m0/s1.